The van der Waals surface area contributed by atoms with Gasteiger partial charge in [0.2, 0.25) is 5.95 Å². The molecule has 1 heterocycles. The maximum Gasteiger partial charge on any atom is 0.410 e. The molecule has 2 atom stereocenters. The van der Waals surface area contributed by atoms with E-state index in [-0.39, 0.29) is 24.1 Å². The Hall–Kier alpha value is -3.98. The monoisotopic (exact) mass is 589 g/mol. The quantitative estimate of drug-likeness (QED) is 0.229. The number of aryl methyl sites for hydroxylation is 1. The summed E-state index contributed by atoms with van der Waals surface area (Å²) in [5.74, 6) is 0.451. The number of carbonyl (C=O) groups excluding carboxylic acids is 2. The van der Waals surface area contributed by atoms with Crippen LogP contribution >= 0.6 is 0 Å². The molecule has 0 saturated carbocycles. The highest BCUT2D eigenvalue weighted by Crippen LogP contribution is 2.26. The van der Waals surface area contributed by atoms with Gasteiger partial charge in [0.25, 0.3) is 5.91 Å². The molecule has 0 aliphatic rings. The number of aromatic nitrogens is 2. The summed E-state index contributed by atoms with van der Waals surface area (Å²) in [6.45, 7) is 13.0. The van der Waals surface area contributed by atoms with E-state index in [2.05, 4.69) is 23.8 Å². The topological polar surface area (TPSA) is 111 Å². The number of ether oxygens (including phenoxy) is 2. The minimum Gasteiger partial charge on any atom is -0.444 e. The average molecular weight is 590 g/mol. The van der Waals surface area contributed by atoms with Crippen molar-refractivity contribution in [2.75, 3.05) is 30.8 Å². The first-order valence-electron chi connectivity index (χ1n) is 15.0. The van der Waals surface area contributed by atoms with Gasteiger partial charge in [0.05, 0.1) is 24.0 Å². The van der Waals surface area contributed by atoms with Gasteiger partial charge in [0.15, 0.2) is 0 Å². The zero-order valence-corrected chi connectivity index (χ0v) is 26.7. The third-order valence-corrected chi connectivity index (χ3v) is 7.29. The second-order valence-corrected chi connectivity index (χ2v) is 12.1. The molecule has 0 aliphatic carbocycles. The fourth-order valence-electron chi connectivity index (χ4n) is 4.51. The van der Waals surface area contributed by atoms with Gasteiger partial charge in [-0.05, 0) is 69.7 Å². The zero-order chi connectivity index (χ0) is 31.6. The number of nitrogens with two attached hydrogens (primary N) is 1. The molecule has 0 fully saturated rings. The molecular weight excluding hydrogens is 542 g/mol. The highest BCUT2D eigenvalue weighted by molar-refractivity contribution is 6.06. The Morgan fingerprint density at radius 2 is 1.74 bits per heavy atom. The summed E-state index contributed by atoms with van der Waals surface area (Å²) in [5, 5.41) is 0. The van der Waals surface area contributed by atoms with Crippen LogP contribution in [0.25, 0.3) is 0 Å². The fraction of sp³-hybridized carbons (Fsp3) is 0.471. The van der Waals surface area contributed by atoms with Gasteiger partial charge < -0.3 is 25.0 Å². The third-order valence-electron chi connectivity index (χ3n) is 7.29. The Bertz CT molecular complexity index is 1340. The second-order valence-electron chi connectivity index (χ2n) is 12.1. The first-order chi connectivity index (χ1) is 20.4. The SMILES string of the molecule is CCC(C)CCN(C(=O)c1cnc(N)nc1C)c1cccc(COC(CCN(C)C(=O)OC(C)(C)C)c2ccccc2)c1. The molecule has 0 bridgehead atoms. The summed E-state index contributed by atoms with van der Waals surface area (Å²) >= 11 is 0. The number of nitrogen functional groups attached to an aromatic ring is 1. The zero-order valence-electron chi connectivity index (χ0n) is 26.7. The summed E-state index contributed by atoms with van der Waals surface area (Å²) in [4.78, 5) is 37.9. The molecule has 3 rings (SSSR count). The number of hydrogen-bond donors (Lipinski definition) is 1. The highest BCUT2D eigenvalue weighted by atomic mass is 16.6. The van der Waals surface area contributed by atoms with E-state index in [0.717, 1.165) is 29.7 Å². The molecule has 43 heavy (non-hydrogen) atoms. The molecule has 232 valence electrons. The lowest BCUT2D eigenvalue weighted by molar-refractivity contribution is 0.0137. The summed E-state index contributed by atoms with van der Waals surface area (Å²) in [6.07, 6.45) is 3.38. The molecule has 2 amide bonds. The molecule has 0 spiro atoms. The van der Waals surface area contributed by atoms with E-state index in [1.54, 1.807) is 23.8 Å². The van der Waals surface area contributed by atoms with Crippen LogP contribution in [0.2, 0.25) is 0 Å². The standard InChI is InChI=1S/C34H47N5O4/c1-8-24(2)17-20-39(31(40)29-22-36-32(35)37-25(29)3)28-16-12-13-26(21-28)23-42-30(27-14-10-9-11-15-27)18-19-38(7)33(41)43-34(4,5)6/h9-16,21-22,24,30H,8,17-20,23H2,1-7H3,(H2,35,36,37). The van der Waals surface area contributed by atoms with Crippen LogP contribution in [0.15, 0.2) is 60.8 Å². The molecule has 0 radical (unpaired) electrons. The van der Waals surface area contributed by atoms with Gasteiger partial charge in [-0.3, -0.25) is 4.79 Å². The lowest BCUT2D eigenvalue weighted by Gasteiger charge is -2.27. The first-order valence-corrected chi connectivity index (χ1v) is 15.0. The predicted octanol–water partition coefficient (Wildman–Crippen LogP) is 6.97. The van der Waals surface area contributed by atoms with Gasteiger partial charge in [-0.25, -0.2) is 14.8 Å². The Kier molecular flexibility index (Phi) is 12.1. The van der Waals surface area contributed by atoms with Crippen molar-refractivity contribution in [1.82, 2.24) is 14.9 Å². The van der Waals surface area contributed by atoms with Crippen molar-refractivity contribution in [2.45, 2.75) is 79.1 Å². The number of benzene rings is 2. The normalized spacial score (nSPS) is 12.8. The molecule has 9 nitrogen and oxygen atoms in total. The maximum atomic E-state index is 13.8. The molecule has 2 aromatic carbocycles. The van der Waals surface area contributed by atoms with E-state index in [0.29, 0.717) is 43.3 Å². The number of hydrogen-bond acceptors (Lipinski definition) is 7. The van der Waals surface area contributed by atoms with Crippen molar-refractivity contribution in [3.8, 4) is 0 Å². The van der Waals surface area contributed by atoms with Crippen molar-refractivity contribution in [3.63, 3.8) is 0 Å². The molecular formula is C34H47N5O4. The molecule has 9 heteroatoms. The van der Waals surface area contributed by atoms with Crippen LogP contribution in [-0.2, 0) is 16.1 Å². The van der Waals surface area contributed by atoms with Crippen LogP contribution < -0.4 is 10.6 Å². The third kappa shape index (κ3) is 10.4. The van der Waals surface area contributed by atoms with Crippen molar-refractivity contribution in [2.24, 2.45) is 5.92 Å². The van der Waals surface area contributed by atoms with E-state index in [4.69, 9.17) is 15.2 Å². The molecule has 2 unspecified atom stereocenters. The van der Waals surface area contributed by atoms with Crippen LogP contribution in [0.3, 0.4) is 0 Å². The Morgan fingerprint density at radius 1 is 1.02 bits per heavy atom. The van der Waals surface area contributed by atoms with Crippen LogP contribution in [0.4, 0.5) is 16.4 Å². The number of anilines is 2. The minimum atomic E-state index is -0.560. The number of carbonyl (C=O) groups is 2. The Balaban J connectivity index is 1.79. The largest absolute Gasteiger partial charge is 0.444 e. The predicted molar refractivity (Wildman–Crippen MR) is 171 cm³/mol. The van der Waals surface area contributed by atoms with Gasteiger partial charge in [-0.15, -0.1) is 0 Å². The summed E-state index contributed by atoms with van der Waals surface area (Å²) in [6, 6.07) is 17.9. The number of amides is 2. The van der Waals surface area contributed by atoms with Crippen molar-refractivity contribution >= 4 is 23.6 Å². The van der Waals surface area contributed by atoms with Gasteiger partial charge in [-0.1, -0.05) is 62.7 Å². The lowest BCUT2D eigenvalue weighted by Crippen LogP contribution is -2.35. The Morgan fingerprint density at radius 3 is 2.40 bits per heavy atom. The molecule has 0 saturated heterocycles. The maximum absolute atomic E-state index is 13.8. The first kappa shape index (κ1) is 33.5. The van der Waals surface area contributed by atoms with Crippen LogP contribution in [0.5, 0.6) is 0 Å². The highest BCUT2D eigenvalue weighted by Gasteiger charge is 2.23. The van der Waals surface area contributed by atoms with Crippen molar-refractivity contribution in [3.05, 3.63) is 83.2 Å². The van der Waals surface area contributed by atoms with Crippen LogP contribution in [0.1, 0.15) is 87.2 Å². The van der Waals surface area contributed by atoms with Gasteiger partial charge in [0.1, 0.15) is 5.60 Å². The fourth-order valence-corrected chi connectivity index (χ4v) is 4.51. The average Bonchev–Trinajstić information content (AvgIpc) is 2.96. The Labute approximate surface area is 256 Å². The van der Waals surface area contributed by atoms with E-state index in [1.807, 2.05) is 75.4 Å². The van der Waals surface area contributed by atoms with E-state index < -0.39 is 5.60 Å². The van der Waals surface area contributed by atoms with E-state index in [1.165, 1.54) is 6.20 Å². The van der Waals surface area contributed by atoms with E-state index in [9.17, 15) is 9.59 Å². The summed E-state index contributed by atoms with van der Waals surface area (Å²) in [5.41, 5.74) is 8.91. The van der Waals surface area contributed by atoms with Crippen molar-refractivity contribution in [1.29, 1.82) is 0 Å². The second kappa shape index (κ2) is 15.5. The molecule has 2 N–H and O–H groups in total. The van der Waals surface area contributed by atoms with Gasteiger partial charge in [-0.2, -0.15) is 0 Å². The smallest absolute Gasteiger partial charge is 0.410 e. The van der Waals surface area contributed by atoms with Gasteiger partial charge in [0, 0.05) is 32.0 Å². The molecule has 1 aromatic heterocycles. The van der Waals surface area contributed by atoms with Crippen LogP contribution in [0, 0.1) is 12.8 Å². The van der Waals surface area contributed by atoms with E-state index >= 15 is 0 Å². The molecule has 0 aliphatic heterocycles. The number of rotatable bonds is 13. The molecule has 3 aromatic rings. The lowest BCUT2D eigenvalue weighted by atomic mass is 10.0. The van der Waals surface area contributed by atoms with Crippen molar-refractivity contribution < 1.29 is 19.1 Å². The summed E-state index contributed by atoms with van der Waals surface area (Å²) < 4.78 is 12.0. The van der Waals surface area contributed by atoms with Crippen LogP contribution in [-0.4, -0.2) is 52.6 Å². The number of nitrogens with zero attached hydrogens (tertiary/aromatic N) is 4. The minimum absolute atomic E-state index is 0.143. The summed E-state index contributed by atoms with van der Waals surface area (Å²) in [7, 11) is 1.73. The van der Waals surface area contributed by atoms with Gasteiger partial charge >= 0.3 is 6.09 Å².